The van der Waals surface area contributed by atoms with Crippen LogP contribution in [-0.2, 0) is 11.3 Å². The minimum Gasteiger partial charge on any atom is -0.449 e. The lowest BCUT2D eigenvalue weighted by Gasteiger charge is -2.20. The molecule has 0 bridgehead atoms. The molecule has 16 heavy (non-hydrogen) atoms. The first-order chi connectivity index (χ1) is 7.72. The van der Waals surface area contributed by atoms with Crippen LogP contribution in [0.15, 0.2) is 16.5 Å². The summed E-state index contributed by atoms with van der Waals surface area (Å²) in [6, 6.07) is 5.30. The lowest BCUT2D eigenvalue weighted by atomic mass is 10.0. The zero-order valence-corrected chi connectivity index (χ0v) is 8.90. The average molecular weight is 222 g/mol. The molecule has 0 aliphatic carbocycles. The Kier molecular flexibility index (Phi) is 3.25. The lowest BCUT2D eigenvalue weighted by Crippen LogP contribution is -2.40. The van der Waals surface area contributed by atoms with Gasteiger partial charge in [0.15, 0.2) is 0 Å². The Hall–Kier alpha value is -1.35. The molecule has 1 unspecified atom stereocenters. The molecule has 1 fully saturated rings. The summed E-state index contributed by atoms with van der Waals surface area (Å²) >= 11 is 0. The molecule has 1 aromatic rings. The Labute approximate surface area is 93.6 Å². The first kappa shape index (κ1) is 11.1. The Morgan fingerprint density at radius 3 is 3.06 bits per heavy atom. The largest absolute Gasteiger partial charge is 0.449 e. The van der Waals surface area contributed by atoms with E-state index < -0.39 is 5.60 Å². The van der Waals surface area contributed by atoms with Crippen molar-refractivity contribution in [3.05, 3.63) is 23.7 Å². The molecular weight excluding hydrogens is 208 g/mol. The van der Waals surface area contributed by atoms with E-state index >= 15 is 0 Å². The molecule has 5 heteroatoms. The highest BCUT2D eigenvalue weighted by Crippen LogP contribution is 2.17. The van der Waals surface area contributed by atoms with Crippen LogP contribution in [0.25, 0.3) is 0 Å². The van der Waals surface area contributed by atoms with E-state index in [9.17, 15) is 5.11 Å². The zero-order valence-electron chi connectivity index (χ0n) is 8.90. The summed E-state index contributed by atoms with van der Waals surface area (Å²) in [6.07, 6.45) is 0.654. The van der Waals surface area contributed by atoms with Gasteiger partial charge in [0.1, 0.15) is 17.4 Å². The predicted molar refractivity (Wildman–Crippen MR) is 55.5 cm³/mol. The van der Waals surface area contributed by atoms with Gasteiger partial charge in [-0.1, -0.05) is 0 Å². The molecule has 2 heterocycles. The normalized spacial score (nSPS) is 24.5. The van der Waals surface area contributed by atoms with Gasteiger partial charge in [-0.2, -0.15) is 5.26 Å². The minimum atomic E-state index is -0.759. The van der Waals surface area contributed by atoms with E-state index in [2.05, 4.69) is 5.32 Å². The van der Waals surface area contributed by atoms with Crippen molar-refractivity contribution in [1.82, 2.24) is 5.32 Å². The molecule has 86 valence electrons. The van der Waals surface area contributed by atoms with E-state index in [0.717, 1.165) is 0 Å². The van der Waals surface area contributed by atoms with Crippen molar-refractivity contribution in [2.75, 3.05) is 19.8 Å². The second-order valence-electron chi connectivity index (χ2n) is 4.01. The Bertz CT molecular complexity index is 388. The second kappa shape index (κ2) is 4.66. The summed E-state index contributed by atoms with van der Waals surface area (Å²) in [5.74, 6) is 0.999. The summed E-state index contributed by atoms with van der Waals surface area (Å²) in [4.78, 5) is 0. The van der Waals surface area contributed by atoms with Gasteiger partial charge in [0.05, 0.1) is 13.2 Å². The number of hydrogen-bond acceptors (Lipinski definition) is 5. The van der Waals surface area contributed by atoms with Gasteiger partial charge in [-0.25, -0.2) is 0 Å². The number of furan rings is 1. The number of nitrogens with zero attached hydrogens (tertiary/aromatic N) is 1. The maximum absolute atomic E-state index is 9.95. The summed E-state index contributed by atoms with van der Waals surface area (Å²) in [6.45, 7) is 1.96. The predicted octanol–water partition coefficient (Wildman–Crippen LogP) is 0.392. The van der Waals surface area contributed by atoms with E-state index in [1.807, 2.05) is 6.07 Å². The number of hydrogen-bond donors (Lipinski definition) is 2. The molecule has 1 aliphatic rings. The Balaban J connectivity index is 1.77. The number of ether oxygens (including phenoxy) is 1. The quantitative estimate of drug-likeness (QED) is 0.770. The molecule has 0 amide bonds. The molecule has 0 aromatic carbocycles. The van der Waals surface area contributed by atoms with Gasteiger partial charge in [-0.3, -0.25) is 0 Å². The van der Waals surface area contributed by atoms with Crippen LogP contribution in [0.3, 0.4) is 0 Å². The first-order valence-electron chi connectivity index (χ1n) is 5.21. The van der Waals surface area contributed by atoms with Crippen LogP contribution in [0, 0.1) is 11.3 Å². The van der Waals surface area contributed by atoms with Crippen LogP contribution in [-0.4, -0.2) is 30.5 Å². The SMILES string of the molecule is N#Cc1ccc(CNCC2(O)CCOC2)o1. The van der Waals surface area contributed by atoms with Crippen molar-refractivity contribution in [2.45, 2.75) is 18.6 Å². The van der Waals surface area contributed by atoms with Crippen LogP contribution in [0.1, 0.15) is 17.9 Å². The molecule has 1 aromatic heterocycles. The minimum absolute atomic E-state index is 0.305. The van der Waals surface area contributed by atoms with Crippen molar-refractivity contribution >= 4 is 0 Å². The van der Waals surface area contributed by atoms with Crippen LogP contribution in [0.2, 0.25) is 0 Å². The fourth-order valence-electron chi connectivity index (χ4n) is 1.69. The van der Waals surface area contributed by atoms with E-state index in [1.165, 1.54) is 0 Å². The number of rotatable bonds is 4. The van der Waals surface area contributed by atoms with Crippen molar-refractivity contribution < 1.29 is 14.3 Å². The number of nitriles is 1. The first-order valence-corrected chi connectivity index (χ1v) is 5.21. The lowest BCUT2D eigenvalue weighted by molar-refractivity contribution is 0.0265. The highest BCUT2D eigenvalue weighted by atomic mass is 16.5. The number of aliphatic hydroxyl groups is 1. The monoisotopic (exact) mass is 222 g/mol. The topological polar surface area (TPSA) is 78.4 Å². The third-order valence-electron chi connectivity index (χ3n) is 2.61. The highest BCUT2D eigenvalue weighted by molar-refractivity contribution is 5.18. The molecule has 1 saturated heterocycles. The highest BCUT2D eigenvalue weighted by Gasteiger charge is 2.31. The van der Waals surface area contributed by atoms with Gasteiger partial charge in [-0.15, -0.1) is 0 Å². The smallest absolute Gasteiger partial charge is 0.203 e. The fraction of sp³-hybridized carbons (Fsp3) is 0.545. The molecule has 0 spiro atoms. The summed E-state index contributed by atoms with van der Waals surface area (Å²) in [5.41, 5.74) is -0.759. The Morgan fingerprint density at radius 1 is 1.56 bits per heavy atom. The van der Waals surface area contributed by atoms with E-state index in [1.54, 1.807) is 12.1 Å². The van der Waals surface area contributed by atoms with Crippen molar-refractivity contribution in [3.8, 4) is 6.07 Å². The third-order valence-corrected chi connectivity index (χ3v) is 2.61. The van der Waals surface area contributed by atoms with Gasteiger partial charge >= 0.3 is 0 Å². The third kappa shape index (κ3) is 2.61. The van der Waals surface area contributed by atoms with E-state index in [0.29, 0.717) is 44.2 Å². The maximum Gasteiger partial charge on any atom is 0.203 e. The van der Waals surface area contributed by atoms with Gasteiger partial charge < -0.3 is 19.6 Å². The molecule has 0 radical (unpaired) electrons. The molecule has 0 saturated carbocycles. The van der Waals surface area contributed by atoms with Gasteiger partial charge in [0.2, 0.25) is 5.76 Å². The maximum atomic E-state index is 9.95. The van der Waals surface area contributed by atoms with Gasteiger partial charge in [0, 0.05) is 19.6 Å². The van der Waals surface area contributed by atoms with E-state index in [-0.39, 0.29) is 0 Å². The second-order valence-corrected chi connectivity index (χ2v) is 4.01. The van der Waals surface area contributed by atoms with E-state index in [4.69, 9.17) is 14.4 Å². The van der Waals surface area contributed by atoms with Crippen LogP contribution >= 0.6 is 0 Å². The summed E-state index contributed by atoms with van der Waals surface area (Å²) < 4.78 is 10.3. The average Bonchev–Trinajstić information content (AvgIpc) is 2.88. The Morgan fingerprint density at radius 2 is 2.44 bits per heavy atom. The number of nitrogens with one attached hydrogen (secondary N) is 1. The zero-order chi connectivity index (χ0) is 11.4. The molecular formula is C11H14N2O3. The van der Waals surface area contributed by atoms with Gasteiger partial charge in [0.25, 0.3) is 0 Å². The fourth-order valence-corrected chi connectivity index (χ4v) is 1.69. The molecule has 2 rings (SSSR count). The van der Waals surface area contributed by atoms with Crippen LogP contribution < -0.4 is 5.32 Å². The van der Waals surface area contributed by atoms with Crippen molar-refractivity contribution in [1.29, 1.82) is 5.26 Å². The van der Waals surface area contributed by atoms with Crippen LogP contribution in [0.4, 0.5) is 0 Å². The molecule has 5 nitrogen and oxygen atoms in total. The standard InChI is InChI=1S/C11H14N2O3/c12-5-9-1-2-10(16-9)6-13-7-11(14)3-4-15-8-11/h1-2,13-14H,3-4,6-8H2. The molecule has 1 aliphatic heterocycles. The summed E-state index contributed by atoms with van der Waals surface area (Å²) in [5, 5.41) is 21.6. The van der Waals surface area contributed by atoms with Crippen molar-refractivity contribution in [3.63, 3.8) is 0 Å². The van der Waals surface area contributed by atoms with Crippen molar-refractivity contribution in [2.24, 2.45) is 0 Å². The molecule has 1 atom stereocenters. The van der Waals surface area contributed by atoms with Gasteiger partial charge in [-0.05, 0) is 12.1 Å². The van der Waals surface area contributed by atoms with Crippen LogP contribution in [0.5, 0.6) is 0 Å². The molecule has 2 N–H and O–H groups in total. The summed E-state index contributed by atoms with van der Waals surface area (Å²) in [7, 11) is 0.